The third-order valence-corrected chi connectivity index (χ3v) is 3.26. The number of aryl methyl sites for hydroxylation is 1. The number of nitrogens with two attached hydrogens (primary N) is 1. The van der Waals surface area contributed by atoms with Gasteiger partial charge in [-0.25, -0.2) is 0 Å². The normalized spacial score (nSPS) is 13.4. The number of benzene rings is 1. The van der Waals surface area contributed by atoms with Gasteiger partial charge in [0, 0.05) is 10.6 Å². The first-order chi connectivity index (χ1) is 7.80. The second kappa shape index (κ2) is 5.44. The maximum absolute atomic E-state index is 12.5. The van der Waals surface area contributed by atoms with Gasteiger partial charge >= 0.3 is 6.18 Å². The molecular formula is C11H13F3N2S. The van der Waals surface area contributed by atoms with Crippen molar-refractivity contribution in [2.24, 2.45) is 11.7 Å². The van der Waals surface area contributed by atoms with Crippen molar-refractivity contribution >= 4 is 17.6 Å². The molecule has 0 saturated heterocycles. The van der Waals surface area contributed by atoms with Crippen molar-refractivity contribution in [3.05, 3.63) is 29.8 Å². The predicted molar refractivity (Wildman–Crippen MR) is 63.4 cm³/mol. The Morgan fingerprint density at radius 1 is 1.47 bits per heavy atom. The first-order valence-electron chi connectivity index (χ1n) is 4.91. The topological polar surface area (TPSA) is 49.9 Å². The second-order valence-electron chi connectivity index (χ2n) is 3.68. The average molecular weight is 262 g/mol. The van der Waals surface area contributed by atoms with Crippen LogP contribution in [-0.2, 0) is 0 Å². The van der Waals surface area contributed by atoms with Gasteiger partial charge in [-0.1, -0.05) is 17.7 Å². The first-order valence-corrected chi connectivity index (χ1v) is 5.89. The smallest absolute Gasteiger partial charge is 0.387 e. The van der Waals surface area contributed by atoms with Gasteiger partial charge in [-0.05, 0) is 19.1 Å². The molecule has 0 aliphatic heterocycles. The molecular weight excluding hydrogens is 249 g/mol. The van der Waals surface area contributed by atoms with Crippen LogP contribution in [0.2, 0.25) is 0 Å². The number of thioether (sulfide) groups is 1. The highest BCUT2D eigenvalue weighted by Gasteiger charge is 2.41. The molecule has 2 nitrogen and oxygen atoms in total. The van der Waals surface area contributed by atoms with Crippen LogP contribution >= 0.6 is 11.8 Å². The molecule has 0 spiro atoms. The fourth-order valence-electron chi connectivity index (χ4n) is 1.25. The van der Waals surface area contributed by atoms with Gasteiger partial charge in [-0.15, -0.1) is 11.8 Å². The number of hydrogen-bond donors (Lipinski definition) is 2. The minimum Gasteiger partial charge on any atom is -0.387 e. The van der Waals surface area contributed by atoms with E-state index in [0.29, 0.717) is 0 Å². The Hall–Kier alpha value is -1.17. The van der Waals surface area contributed by atoms with Crippen LogP contribution < -0.4 is 5.73 Å². The monoisotopic (exact) mass is 262 g/mol. The summed E-state index contributed by atoms with van der Waals surface area (Å²) in [5.74, 6) is -2.98. The molecule has 0 bridgehead atoms. The molecule has 17 heavy (non-hydrogen) atoms. The standard InChI is InChI=1S/C11H13F3N2S/c1-7-3-2-4-8(5-7)17-6-9(10(15)16)11(12,13)14/h2-5,9H,6H2,1H3,(H3,15,16). The maximum atomic E-state index is 12.5. The summed E-state index contributed by atoms with van der Waals surface area (Å²) in [4.78, 5) is 0.750. The number of halogens is 3. The molecule has 0 radical (unpaired) electrons. The van der Waals surface area contributed by atoms with Crippen LogP contribution in [-0.4, -0.2) is 17.8 Å². The van der Waals surface area contributed by atoms with E-state index in [1.54, 1.807) is 18.2 Å². The lowest BCUT2D eigenvalue weighted by atomic mass is 10.1. The first kappa shape index (κ1) is 13.9. The lowest BCUT2D eigenvalue weighted by molar-refractivity contribution is -0.149. The maximum Gasteiger partial charge on any atom is 0.399 e. The number of nitrogens with one attached hydrogen (secondary N) is 1. The van der Waals surface area contributed by atoms with Crippen LogP contribution in [0.5, 0.6) is 0 Å². The van der Waals surface area contributed by atoms with Crippen molar-refractivity contribution < 1.29 is 13.2 Å². The molecule has 0 heterocycles. The molecule has 0 aliphatic rings. The highest BCUT2D eigenvalue weighted by molar-refractivity contribution is 7.99. The van der Waals surface area contributed by atoms with Gasteiger partial charge in [0.1, 0.15) is 11.8 Å². The van der Waals surface area contributed by atoms with Crippen LogP contribution in [0.1, 0.15) is 5.56 Å². The van der Waals surface area contributed by atoms with E-state index in [1.165, 1.54) is 0 Å². The van der Waals surface area contributed by atoms with E-state index in [0.717, 1.165) is 22.2 Å². The number of hydrogen-bond acceptors (Lipinski definition) is 2. The van der Waals surface area contributed by atoms with E-state index < -0.39 is 17.9 Å². The predicted octanol–water partition coefficient (Wildman–Crippen LogP) is 3.20. The van der Waals surface area contributed by atoms with E-state index in [9.17, 15) is 13.2 Å². The van der Waals surface area contributed by atoms with Crippen molar-refractivity contribution in [2.75, 3.05) is 5.75 Å². The molecule has 3 N–H and O–H groups in total. The summed E-state index contributed by atoms with van der Waals surface area (Å²) in [6.07, 6.45) is -4.46. The molecule has 1 rings (SSSR count). The molecule has 1 atom stereocenters. The molecule has 0 saturated carbocycles. The summed E-state index contributed by atoms with van der Waals surface area (Å²) in [6, 6.07) is 7.20. The van der Waals surface area contributed by atoms with E-state index in [-0.39, 0.29) is 5.75 Å². The number of alkyl halides is 3. The largest absolute Gasteiger partial charge is 0.399 e. The summed E-state index contributed by atoms with van der Waals surface area (Å²) in [7, 11) is 0. The van der Waals surface area contributed by atoms with Gasteiger partial charge in [0.05, 0.1) is 0 Å². The minimum atomic E-state index is -4.46. The lowest BCUT2D eigenvalue weighted by Gasteiger charge is -2.18. The highest BCUT2D eigenvalue weighted by atomic mass is 32.2. The van der Waals surface area contributed by atoms with Crippen molar-refractivity contribution in [2.45, 2.75) is 18.0 Å². The summed E-state index contributed by atoms with van der Waals surface area (Å²) in [6.45, 7) is 1.87. The molecule has 0 aromatic heterocycles. The Morgan fingerprint density at radius 2 is 2.12 bits per heavy atom. The van der Waals surface area contributed by atoms with Gasteiger partial charge in [0.2, 0.25) is 0 Å². The minimum absolute atomic E-state index is 0.262. The van der Waals surface area contributed by atoms with Gasteiger partial charge in [0.25, 0.3) is 0 Å². The fraction of sp³-hybridized carbons (Fsp3) is 0.364. The van der Waals surface area contributed by atoms with Crippen molar-refractivity contribution in [1.29, 1.82) is 5.41 Å². The van der Waals surface area contributed by atoms with E-state index in [4.69, 9.17) is 11.1 Å². The molecule has 0 fully saturated rings. The Balaban J connectivity index is 2.68. The summed E-state index contributed by atoms with van der Waals surface area (Å²) in [5.41, 5.74) is 5.95. The van der Waals surface area contributed by atoms with Gasteiger partial charge in [-0.2, -0.15) is 13.2 Å². The van der Waals surface area contributed by atoms with Crippen molar-refractivity contribution in [3.8, 4) is 0 Å². The van der Waals surface area contributed by atoms with Crippen LogP contribution in [0.3, 0.4) is 0 Å². The van der Waals surface area contributed by atoms with E-state index in [2.05, 4.69) is 0 Å². The molecule has 1 aromatic carbocycles. The van der Waals surface area contributed by atoms with Crippen LogP contribution in [0.25, 0.3) is 0 Å². The summed E-state index contributed by atoms with van der Waals surface area (Å²) >= 11 is 1.06. The van der Waals surface area contributed by atoms with Gasteiger partial charge < -0.3 is 5.73 Å². The zero-order valence-corrected chi connectivity index (χ0v) is 10.0. The third kappa shape index (κ3) is 4.30. The van der Waals surface area contributed by atoms with Gasteiger partial charge in [-0.3, -0.25) is 5.41 Å². The zero-order valence-electron chi connectivity index (χ0n) is 9.21. The van der Waals surface area contributed by atoms with Crippen LogP contribution in [0.15, 0.2) is 29.2 Å². The van der Waals surface area contributed by atoms with Crippen molar-refractivity contribution in [3.63, 3.8) is 0 Å². The molecule has 94 valence electrons. The summed E-state index contributed by atoms with van der Waals surface area (Å²) in [5, 5.41) is 6.96. The Labute approximate surface area is 102 Å². The highest BCUT2D eigenvalue weighted by Crippen LogP contribution is 2.31. The average Bonchev–Trinajstić information content (AvgIpc) is 2.15. The fourth-order valence-corrected chi connectivity index (χ4v) is 2.42. The van der Waals surface area contributed by atoms with Gasteiger partial charge in [0.15, 0.2) is 0 Å². The van der Waals surface area contributed by atoms with Crippen LogP contribution in [0.4, 0.5) is 13.2 Å². The second-order valence-corrected chi connectivity index (χ2v) is 4.77. The van der Waals surface area contributed by atoms with E-state index in [1.807, 2.05) is 13.0 Å². The Morgan fingerprint density at radius 3 is 2.59 bits per heavy atom. The molecule has 1 unspecified atom stereocenters. The SMILES string of the molecule is Cc1cccc(SCC(C(=N)N)C(F)(F)F)c1. The molecule has 1 aromatic rings. The molecule has 6 heteroatoms. The Bertz CT molecular complexity index is 404. The number of amidine groups is 1. The van der Waals surface area contributed by atoms with Crippen LogP contribution in [0, 0.1) is 18.3 Å². The van der Waals surface area contributed by atoms with Crippen molar-refractivity contribution in [1.82, 2.24) is 0 Å². The van der Waals surface area contributed by atoms with E-state index >= 15 is 0 Å². The molecule has 0 aliphatic carbocycles. The summed E-state index contributed by atoms with van der Waals surface area (Å²) < 4.78 is 37.6. The number of rotatable bonds is 4. The molecule has 0 amide bonds. The third-order valence-electron chi connectivity index (χ3n) is 2.18. The zero-order chi connectivity index (χ0) is 13.1. The Kier molecular flexibility index (Phi) is 4.45. The lowest BCUT2D eigenvalue weighted by Crippen LogP contribution is -2.36. The quantitative estimate of drug-likeness (QED) is 0.497.